The summed E-state index contributed by atoms with van der Waals surface area (Å²) in [7, 11) is 0. The quantitative estimate of drug-likeness (QED) is 0.500. The largest absolute Gasteiger partial charge is 0.507 e. The second-order valence-electron chi connectivity index (χ2n) is 5.75. The summed E-state index contributed by atoms with van der Waals surface area (Å²) in [4.78, 5) is 7.91. The zero-order valence-corrected chi connectivity index (χ0v) is 14.2. The number of phenols is 1. The number of H-pyrrole nitrogens is 1. The Morgan fingerprint density at radius 3 is 2.44 bits per heavy atom. The molecule has 5 heteroatoms. The van der Waals surface area contributed by atoms with Crippen molar-refractivity contribution in [2.24, 2.45) is 0 Å². The number of halogens is 1. The highest BCUT2D eigenvalue weighted by atomic mass is 35.5. The van der Waals surface area contributed by atoms with Crippen molar-refractivity contribution in [3.63, 3.8) is 0 Å². The topological polar surface area (TPSA) is 62.0 Å². The summed E-state index contributed by atoms with van der Waals surface area (Å²) in [5, 5.41) is 10.7. The second-order valence-corrected chi connectivity index (χ2v) is 6.18. The molecule has 2 heterocycles. The van der Waals surface area contributed by atoms with Crippen LogP contribution in [0, 0.1) is 6.92 Å². The number of aromatic nitrogens is 2. The van der Waals surface area contributed by atoms with E-state index in [1.165, 1.54) is 0 Å². The van der Waals surface area contributed by atoms with Crippen molar-refractivity contribution in [1.29, 1.82) is 0 Å². The first-order valence-electron chi connectivity index (χ1n) is 7.83. The molecule has 0 aliphatic heterocycles. The third kappa shape index (κ3) is 2.92. The lowest BCUT2D eigenvalue weighted by Gasteiger charge is -1.99. The third-order valence-electron chi connectivity index (χ3n) is 4.01. The molecule has 124 valence electrons. The number of aryl methyl sites for hydroxylation is 1. The normalized spacial score (nSPS) is 11.0. The van der Waals surface area contributed by atoms with Gasteiger partial charge in [-0.05, 0) is 43.3 Å². The molecule has 0 fully saturated rings. The summed E-state index contributed by atoms with van der Waals surface area (Å²) >= 11 is 5.95. The molecule has 0 saturated carbocycles. The van der Waals surface area contributed by atoms with Gasteiger partial charge in [0, 0.05) is 16.3 Å². The van der Waals surface area contributed by atoms with Crippen molar-refractivity contribution in [3.05, 3.63) is 71.4 Å². The van der Waals surface area contributed by atoms with Gasteiger partial charge < -0.3 is 14.5 Å². The van der Waals surface area contributed by atoms with Gasteiger partial charge in [0.15, 0.2) is 11.6 Å². The van der Waals surface area contributed by atoms with E-state index in [2.05, 4.69) is 9.97 Å². The first-order valence-corrected chi connectivity index (χ1v) is 8.21. The number of para-hydroxylation sites is 1. The van der Waals surface area contributed by atoms with Crippen LogP contribution < -0.4 is 0 Å². The van der Waals surface area contributed by atoms with Gasteiger partial charge >= 0.3 is 0 Å². The number of imidazole rings is 1. The van der Waals surface area contributed by atoms with E-state index in [0.29, 0.717) is 27.9 Å². The van der Waals surface area contributed by atoms with Gasteiger partial charge in [-0.2, -0.15) is 0 Å². The molecular formula is C20H15ClN2O2. The fourth-order valence-electron chi connectivity index (χ4n) is 2.76. The zero-order valence-electron chi connectivity index (χ0n) is 13.5. The Hall–Kier alpha value is -2.98. The van der Waals surface area contributed by atoms with E-state index in [1.54, 1.807) is 12.1 Å². The highest BCUT2D eigenvalue weighted by Crippen LogP contribution is 2.33. The molecule has 0 aliphatic carbocycles. The zero-order chi connectivity index (χ0) is 17.4. The summed E-state index contributed by atoms with van der Waals surface area (Å²) in [6.07, 6.45) is 0. The molecule has 0 bridgehead atoms. The van der Waals surface area contributed by atoms with Crippen LogP contribution >= 0.6 is 11.6 Å². The van der Waals surface area contributed by atoms with Gasteiger partial charge in [0.1, 0.15) is 11.5 Å². The lowest BCUT2D eigenvalue weighted by molar-refractivity contribution is 0.474. The van der Waals surface area contributed by atoms with Gasteiger partial charge in [0.05, 0.1) is 11.3 Å². The van der Waals surface area contributed by atoms with E-state index in [4.69, 9.17) is 16.0 Å². The van der Waals surface area contributed by atoms with Gasteiger partial charge in [-0.3, -0.25) is 0 Å². The Balaban J connectivity index is 1.71. The summed E-state index contributed by atoms with van der Waals surface area (Å²) < 4.78 is 5.89. The molecule has 0 unspecified atom stereocenters. The van der Waals surface area contributed by atoms with Gasteiger partial charge in [-0.15, -0.1) is 0 Å². The number of phenolic OH excluding ortho intramolecular Hbond substituents is 1. The Morgan fingerprint density at radius 2 is 1.68 bits per heavy atom. The highest BCUT2D eigenvalue weighted by molar-refractivity contribution is 6.30. The van der Waals surface area contributed by atoms with Gasteiger partial charge in [-0.1, -0.05) is 35.9 Å². The maximum absolute atomic E-state index is 9.97. The molecule has 0 amide bonds. The fourth-order valence-corrected chi connectivity index (χ4v) is 2.88. The second kappa shape index (κ2) is 6.15. The minimum Gasteiger partial charge on any atom is -0.507 e. The SMILES string of the molecule is Cc1[nH]c(-c2ccc(-c3ccccc3O)o2)nc1-c1ccc(Cl)cc1. The number of hydrogen-bond acceptors (Lipinski definition) is 3. The molecule has 2 aromatic heterocycles. The summed E-state index contributed by atoms with van der Waals surface area (Å²) in [6.45, 7) is 1.97. The molecule has 4 nitrogen and oxygen atoms in total. The van der Waals surface area contributed by atoms with E-state index in [-0.39, 0.29) is 5.75 Å². The van der Waals surface area contributed by atoms with Crippen molar-refractivity contribution in [2.75, 3.05) is 0 Å². The lowest BCUT2D eigenvalue weighted by atomic mass is 10.1. The molecule has 2 N–H and O–H groups in total. The number of nitrogens with one attached hydrogen (secondary N) is 1. The Kier molecular flexibility index (Phi) is 3.82. The van der Waals surface area contributed by atoms with Crippen LogP contribution in [0.5, 0.6) is 5.75 Å². The van der Waals surface area contributed by atoms with E-state index in [1.807, 2.05) is 55.5 Å². The average molecular weight is 351 g/mol. The number of benzene rings is 2. The molecule has 0 radical (unpaired) electrons. The van der Waals surface area contributed by atoms with E-state index in [9.17, 15) is 5.11 Å². The first kappa shape index (κ1) is 15.5. The third-order valence-corrected chi connectivity index (χ3v) is 4.26. The standard InChI is InChI=1S/C20H15ClN2O2/c1-12-19(13-6-8-14(21)9-7-13)23-20(22-12)18-11-10-17(25-18)15-4-2-3-5-16(15)24/h2-11,24H,1H3,(H,22,23). The number of hydrogen-bond donors (Lipinski definition) is 2. The molecule has 0 saturated heterocycles. The summed E-state index contributed by atoms with van der Waals surface area (Å²) in [5.41, 5.74) is 3.43. The van der Waals surface area contributed by atoms with E-state index in [0.717, 1.165) is 17.0 Å². The molecule has 4 rings (SSSR count). The number of aromatic hydroxyl groups is 1. The number of furan rings is 1. The average Bonchev–Trinajstić information content (AvgIpc) is 3.23. The van der Waals surface area contributed by atoms with Crippen LogP contribution in [0.25, 0.3) is 34.2 Å². The summed E-state index contributed by atoms with van der Waals surface area (Å²) in [6, 6.07) is 18.3. The van der Waals surface area contributed by atoms with Crippen LogP contribution in [0.4, 0.5) is 0 Å². The number of aromatic amines is 1. The van der Waals surface area contributed by atoms with Crippen LogP contribution in [-0.2, 0) is 0 Å². The molecular weight excluding hydrogens is 336 g/mol. The van der Waals surface area contributed by atoms with Gasteiger partial charge in [-0.25, -0.2) is 4.98 Å². The summed E-state index contributed by atoms with van der Waals surface area (Å²) in [5.74, 6) is 2.03. The van der Waals surface area contributed by atoms with Crippen LogP contribution in [0.1, 0.15) is 5.69 Å². The van der Waals surface area contributed by atoms with Crippen molar-refractivity contribution in [3.8, 4) is 39.9 Å². The Bertz CT molecular complexity index is 1030. The Labute approximate surface area is 149 Å². The lowest BCUT2D eigenvalue weighted by Crippen LogP contribution is -1.80. The van der Waals surface area contributed by atoms with Crippen LogP contribution in [-0.4, -0.2) is 15.1 Å². The molecule has 0 spiro atoms. The fraction of sp³-hybridized carbons (Fsp3) is 0.0500. The Morgan fingerprint density at radius 1 is 0.960 bits per heavy atom. The number of nitrogens with zero attached hydrogens (tertiary/aromatic N) is 1. The first-order chi connectivity index (χ1) is 12.1. The molecule has 0 atom stereocenters. The highest BCUT2D eigenvalue weighted by Gasteiger charge is 2.15. The number of rotatable bonds is 3. The van der Waals surface area contributed by atoms with Gasteiger partial charge in [0.2, 0.25) is 0 Å². The van der Waals surface area contributed by atoms with Crippen LogP contribution in [0.2, 0.25) is 5.02 Å². The molecule has 2 aromatic carbocycles. The van der Waals surface area contributed by atoms with Crippen molar-refractivity contribution >= 4 is 11.6 Å². The predicted octanol–water partition coefficient (Wildman–Crippen LogP) is 5.67. The van der Waals surface area contributed by atoms with E-state index >= 15 is 0 Å². The molecule has 0 aliphatic rings. The maximum atomic E-state index is 9.97. The predicted molar refractivity (Wildman–Crippen MR) is 98.6 cm³/mol. The van der Waals surface area contributed by atoms with E-state index < -0.39 is 0 Å². The van der Waals surface area contributed by atoms with Crippen molar-refractivity contribution in [2.45, 2.75) is 6.92 Å². The molecule has 4 aromatic rings. The van der Waals surface area contributed by atoms with Crippen LogP contribution in [0.3, 0.4) is 0 Å². The monoisotopic (exact) mass is 350 g/mol. The smallest absolute Gasteiger partial charge is 0.174 e. The minimum absolute atomic E-state index is 0.181. The van der Waals surface area contributed by atoms with Gasteiger partial charge in [0.25, 0.3) is 0 Å². The van der Waals surface area contributed by atoms with Crippen molar-refractivity contribution < 1.29 is 9.52 Å². The van der Waals surface area contributed by atoms with Crippen molar-refractivity contribution in [1.82, 2.24) is 9.97 Å². The van der Waals surface area contributed by atoms with Crippen LogP contribution in [0.15, 0.2) is 65.1 Å². The maximum Gasteiger partial charge on any atom is 0.174 e. The minimum atomic E-state index is 0.181. The molecule has 25 heavy (non-hydrogen) atoms.